The molecule has 0 amide bonds. The fourth-order valence-corrected chi connectivity index (χ4v) is 5.00. The predicted octanol–water partition coefficient (Wildman–Crippen LogP) is 4.21. The standard InChI is InChI=1S/C24H40N4O2.HI/c1-25-23(27-19-24(13-16-29-2)11-4-5-12-24)26-18-22(28-14-6-7-15-28)20-9-8-10-21(17-20)30-3;/h8-10,17,22H,4-7,11-16,18-19H2,1-3H3,(H2,25,26,27);1H. The Morgan fingerprint density at radius 2 is 1.87 bits per heavy atom. The van der Waals surface area contributed by atoms with Gasteiger partial charge in [-0.25, -0.2) is 0 Å². The second-order valence-electron chi connectivity index (χ2n) is 8.79. The van der Waals surface area contributed by atoms with Gasteiger partial charge in [0, 0.05) is 33.9 Å². The predicted molar refractivity (Wildman–Crippen MR) is 139 cm³/mol. The van der Waals surface area contributed by atoms with E-state index in [0.29, 0.717) is 11.5 Å². The van der Waals surface area contributed by atoms with Gasteiger partial charge in [-0.2, -0.15) is 0 Å². The van der Waals surface area contributed by atoms with Crippen molar-refractivity contribution in [1.82, 2.24) is 15.5 Å². The quantitative estimate of drug-likeness (QED) is 0.263. The largest absolute Gasteiger partial charge is 0.497 e. The van der Waals surface area contributed by atoms with E-state index in [1.54, 1.807) is 14.2 Å². The molecular formula is C24H41IN4O2. The summed E-state index contributed by atoms with van der Waals surface area (Å²) in [5, 5.41) is 7.23. The van der Waals surface area contributed by atoms with Gasteiger partial charge in [-0.1, -0.05) is 25.0 Å². The van der Waals surface area contributed by atoms with Crippen LogP contribution in [-0.4, -0.2) is 64.9 Å². The van der Waals surface area contributed by atoms with E-state index in [0.717, 1.165) is 50.9 Å². The molecule has 1 unspecified atom stereocenters. The Balaban J connectivity index is 0.00000341. The third-order valence-corrected chi connectivity index (χ3v) is 6.88. The van der Waals surface area contributed by atoms with E-state index in [-0.39, 0.29) is 24.0 Å². The highest BCUT2D eigenvalue weighted by Gasteiger charge is 2.33. The molecule has 7 heteroatoms. The van der Waals surface area contributed by atoms with Gasteiger partial charge in [-0.05, 0) is 68.3 Å². The number of nitrogens with one attached hydrogen (secondary N) is 2. The first-order valence-corrected chi connectivity index (χ1v) is 11.5. The summed E-state index contributed by atoms with van der Waals surface area (Å²) in [4.78, 5) is 7.08. The number of guanidine groups is 1. The molecule has 1 saturated heterocycles. The van der Waals surface area contributed by atoms with Gasteiger partial charge in [0.15, 0.2) is 5.96 Å². The second kappa shape index (κ2) is 13.5. The van der Waals surface area contributed by atoms with Crippen molar-refractivity contribution in [3.05, 3.63) is 29.8 Å². The van der Waals surface area contributed by atoms with Crippen LogP contribution >= 0.6 is 24.0 Å². The van der Waals surface area contributed by atoms with E-state index in [1.165, 1.54) is 44.1 Å². The zero-order valence-corrected chi connectivity index (χ0v) is 21.8. The molecule has 176 valence electrons. The first-order valence-electron chi connectivity index (χ1n) is 11.5. The van der Waals surface area contributed by atoms with Crippen molar-refractivity contribution in [3.63, 3.8) is 0 Å². The minimum Gasteiger partial charge on any atom is -0.497 e. The molecule has 1 atom stereocenters. The summed E-state index contributed by atoms with van der Waals surface area (Å²) in [5.74, 6) is 1.81. The number of benzene rings is 1. The van der Waals surface area contributed by atoms with Crippen molar-refractivity contribution in [2.45, 2.75) is 51.0 Å². The molecule has 0 radical (unpaired) electrons. The maximum absolute atomic E-state index is 5.47. The van der Waals surface area contributed by atoms with Gasteiger partial charge in [0.25, 0.3) is 0 Å². The fourth-order valence-electron chi connectivity index (χ4n) is 5.00. The lowest BCUT2D eigenvalue weighted by atomic mass is 9.83. The van der Waals surface area contributed by atoms with Gasteiger partial charge in [0.2, 0.25) is 0 Å². The number of nitrogens with zero attached hydrogens (tertiary/aromatic N) is 2. The third kappa shape index (κ3) is 7.49. The molecule has 1 aliphatic heterocycles. The minimum atomic E-state index is 0. The van der Waals surface area contributed by atoms with Crippen LogP contribution in [0.5, 0.6) is 5.75 Å². The average molecular weight is 545 g/mol. The van der Waals surface area contributed by atoms with Gasteiger partial charge in [0.1, 0.15) is 5.75 Å². The number of aliphatic imine (C=N–C) groups is 1. The van der Waals surface area contributed by atoms with Crippen LogP contribution in [0, 0.1) is 5.41 Å². The summed E-state index contributed by atoms with van der Waals surface area (Å²) in [5.41, 5.74) is 1.64. The molecule has 2 fully saturated rings. The first kappa shape index (κ1) is 26.2. The highest BCUT2D eigenvalue weighted by atomic mass is 127. The Hall–Kier alpha value is -1.06. The molecule has 2 aliphatic rings. The van der Waals surface area contributed by atoms with Crippen molar-refractivity contribution in [2.24, 2.45) is 10.4 Å². The number of hydrogen-bond donors (Lipinski definition) is 2. The SMILES string of the molecule is CN=C(NCC(c1cccc(OC)c1)N1CCCC1)NCC1(CCOC)CCCC1.I. The molecule has 0 aromatic heterocycles. The Kier molecular flexibility index (Phi) is 11.4. The van der Waals surface area contributed by atoms with E-state index in [4.69, 9.17) is 9.47 Å². The third-order valence-electron chi connectivity index (χ3n) is 6.88. The lowest BCUT2D eigenvalue weighted by molar-refractivity contribution is 0.138. The van der Waals surface area contributed by atoms with Crippen molar-refractivity contribution in [3.8, 4) is 5.75 Å². The Bertz CT molecular complexity index is 673. The van der Waals surface area contributed by atoms with Gasteiger partial charge in [0.05, 0.1) is 13.2 Å². The summed E-state index contributed by atoms with van der Waals surface area (Å²) in [6.45, 7) is 4.92. The number of likely N-dealkylation sites (tertiary alicyclic amines) is 1. The monoisotopic (exact) mass is 544 g/mol. The Labute approximate surface area is 205 Å². The van der Waals surface area contributed by atoms with Crippen LogP contribution in [0.2, 0.25) is 0 Å². The van der Waals surface area contributed by atoms with Gasteiger partial charge in [-0.3, -0.25) is 9.89 Å². The molecule has 2 N–H and O–H groups in total. The maximum atomic E-state index is 5.47. The van der Waals surface area contributed by atoms with Gasteiger partial charge in [-0.15, -0.1) is 24.0 Å². The Morgan fingerprint density at radius 1 is 1.13 bits per heavy atom. The summed E-state index contributed by atoms with van der Waals surface area (Å²) >= 11 is 0. The second-order valence-corrected chi connectivity index (χ2v) is 8.79. The number of ether oxygens (including phenoxy) is 2. The Morgan fingerprint density at radius 3 is 2.52 bits per heavy atom. The molecule has 1 saturated carbocycles. The normalized spacial score (nSPS) is 19.6. The van der Waals surface area contributed by atoms with E-state index >= 15 is 0 Å². The maximum Gasteiger partial charge on any atom is 0.191 e. The molecule has 1 aromatic carbocycles. The van der Waals surface area contributed by atoms with E-state index < -0.39 is 0 Å². The lowest BCUT2D eigenvalue weighted by Gasteiger charge is -2.31. The van der Waals surface area contributed by atoms with Gasteiger partial charge >= 0.3 is 0 Å². The highest BCUT2D eigenvalue weighted by molar-refractivity contribution is 14.0. The van der Waals surface area contributed by atoms with E-state index in [2.05, 4.69) is 38.7 Å². The smallest absolute Gasteiger partial charge is 0.191 e. The molecule has 1 aromatic rings. The summed E-state index contributed by atoms with van der Waals surface area (Å²) in [6.07, 6.45) is 8.87. The molecule has 1 aliphatic carbocycles. The van der Waals surface area contributed by atoms with Crippen molar-refractivity contribution >= 4 is 29.9 Å². The average Bonchev–Trinajstić information content (AvgIpc) is 3.48. The number of methoxy groups -OCH3 is 2. The number of halogens is 1. The number of rotatable bonds is 10. The summed E-state index contributed by atoms with van der Waals surface area (Å²) < 4.78 is 10.8. The van der Waals surface area contributed by atoms with Crippen LogP contribution < -0.4 is 15.4 Å². The van der Waals surface area contributed by atoms with Crippen molar-refractivity contribution < 1.29 is 9.47 Å². The number of hydrogen-bond acceptors (Lipinski definition) is 4. The van der Waals surface area contributed by atoms with Crippen LogP contribution in [0.25, 0.3) is 0 Å². The molecule has 6 nitrogen and oxygen atoms in total. The molecule has 0 spiro atoms. The highest BCUT2D eigenvalue weighted by Crippen LogP contribution is 2.40. The van der Waals surface area contributed by atoms with Crippen LogP contribution in [0.15, 0.2) is 29.3 Å². The molecule has 3 rings (SSSR count). The molecule has 31 heavy (non-hydrogen) atoms. The fraction of sp³-hybridized carbons (Fsp3) is 0.708. The summed E-state index contributed by atoms with van der Waals surface area (Å²) in [6, 6.07) is 8.79. The lowest BCUT2D eigenvalue weighted by Crippen LogP contribution is -2.46. The van der Waals surface area contributed by atoms with Crippen LogP contribution in [0.3, 0.4) is 0 Å². The van der Waals surface area contributed by atoms with E-state index in [1.807, 2.05) is 13.1 Å². The summed E-state index contributed by atoms with van der Waals surface area (Å²) in [7, 11) is 5.40. The van der Waals surface area contributed by atoms with Crippen LogP contribution in [0.1, 0.15) is 56.6 Å². The zero-order chi connectivity index (χ0) is 21.2. The van der Waals surface area contributed by atoms with E-state index in [9.17, 15) is 0 Å². The topological polar surface area (TPSA) is 58.1 Å². The minimum absolute atomic E-state index is 0. The first-order chi connectivity index (χ1) is 14.7. The zero-order valence-electron chi connectivity index (χ0n) is 19.5. The molecule has 0 bridgehead atoms. The van der Waals surface area contributed by atoms with Crippen molar-refractivity contribution in [2.75, 3.05) is 54.1 Å². The molecular weight excluding hydrogens is 503 g/mol. The van der Waals surface area contributed by atoms with Crippen LogP contribution in [-0.2, 0) is 4.74 Å². The van der Waals surface area contributed by atoms with Gasteiger partial charge < -0.3 is 20.1 Å². The van der Waals surface area contributed by atoms with Crippen molar-refractivity contribution in [1.29, 1.82) is 0 Å². The molecule has 1 heterocycles. The van der Waals surface area contributed by atoms with Crippen LogP contribution in [0.4, 0.5) is 0 Å².